The van der Waals surface area contributed by atoms with Gasteiger partial charge in [-0.3, -0.25) is 0 Å². The summed E-state index contributed by atoms with van der Waals surface area (Å²) in [5.74, 6) is -0.575. The van der Waals surface area contributed by atoms with Gasteiger partial charge in [-0.05, 0) is 79.6 Å². The van der Waals surface area contributed by atoms with Crippen LogP contribution in [0.1, 0.15) is 17.1 Å². The van der Waals surface area contributed by atoms with Crippen molar-refractivity contribution < 1.29 is 35.8 Å². The lowest BCUT2D eigenvalue weighted by molar-refractivity contribution is -0.274. The summed E-state index contributed by atoms with van der Waals surface area (Å²) in [4.78, 5) is 4.15. The van der Waals surface area contributed by atoms with Crippen LogP contribution in [-0.4, -0.2) is 45.5 Å². The van der Waals surface area contributed by atoms with E-state index in [1.165, 1.54) is 41.2 Å². The van der Waals surface area contributed by atoms with Crippen LogP contribution in [0.15, 0.2) is 78.0 Å². The summed E-state index contributed by atoms with van der Waals surface area (Å²) in [5, 5.41) is 14.0. The number of halogens is 4. The number of aliphatic hydroxyl groups is 1. The molecule has 0 fully saturated rings. The molecule has 8 nitrogen and oxygen atoms in total. The van der Waals surface area contributed by atoms with Crippen molar-refractivity contribution in [3.63, 3.8) is 0 Å². The zero-order valence-corrected chi connectivity index (χ0v) is 23.3. The SMILES string of the molecule is Cc1cn(-c2ccc(-c3cc(F)c(CO)c(S(C)(=O)=O)c3)cc2-c2ccnn2-c2ccc(OC(F)(F)F)cc2)c(C)n1. The van der Waals surface area contributed by atoms with Crippen molar-refractivity contribution in [1.82, 2.24) is 19.3 Å². The largest absolute Gasteiger partial charge is 0.573 e. The molecule has 13 heteroatoms. The van der Waals surface area contributed by atoms with E-state index in [9.17, 15) is 31.1 Å². The van der Waals surface area contributed by atoms with Gasteiger partial charge in [-0.25, -0.2) is 22.5 Å². The number of nitrogens with zero attached hydrogens (tertiary/aromatic N) is 4. The van der Waals surface area contributed by atoms with Crippen molar-refractivity contribution in [1.29, 1.82) is 0 Å². The molecule has 0 bridgehead atoms. The quantitative estimate of drug-likeness (QED) is 0.232. The molecule has 0 aliphatic rings. The lowest BCUT2D eigenvalue weighted by Crippen LogP contribution is -2.17. The van der Waals surface area contributed by atoms with Gasteiger partial charge in [0, 0.05) is 23.6 Å². The minimum atomic E-state index is -4.83. The average Bonchev–Trinajstić information content (AvgIpc) is 3.52. The predicted molar refractivity (Wildman–Crippen MR) is 147 cm³/mol. The van der Waals surface area contributed by atoms with Gasteiger partial charge in [-0.1, -0.05) is 6.07 Å². The molecule has 0 amide bonds. The second kappa shape index (κ2) is 10.7. The number of rotatable bonds is 7. The number of imidazole rings is 1. The van der Waals surface area contributed by atoms with Crippen LogP contribution in [-0.2, 0) is 16.4 Å². The highest BCUT2D eigenvalue weighted by Gasteiger charge is 2.31. The highest BCUT2D eigenvalue weighted by Crippen LogP contribution is 2.36. The zero-order chi connectivity index (χ0) is 30.4. The normalized spacial score (nSPS) is 12.1. The van der Waals surface area contributed by atoms with Crippen molar-refractivity contribution in [2.45, 2.75) is 31.7 Å². The molecule has 0 saturated carbocycles. The van der Waals surface area contributed by atoms with Crippen LogP contribution in [0.25, 0.3) is 33.8 Å². The van der Waals surface area contributed by atoms with E-state index in [1.54, 1.807) is 24.3 Å². The van der Waals surface area contributed by atoms with Gasteiger partial charge in [0.2, 0.25) is 0 Å². The topological polar surface area (TPSA) is 99.2 Å². The summed E-state index contributed by atoms with van der Waals surface area (Å²) in [7, 11) is -3.87. The summed E-state index contributed by atoms with van der Waals surface area (Å²) < 4.78 is 85.1. The summed E-state index contributed by atoms with van der Waals surface area (Å²) in [6, 6.07) is 14.6. The van der Waals surface area contributed by atoms with Gasteiger partial charge in [0.15, 0.2) is 9.84 Å². The fourth-order valence-corrected chi connectivity index (χ4v) is 5.71. The predicted octanol–water partition coefficient (Wildman–Crippen LogP) is 5.94. The highest BCUT2D eigenvalue weighted by molar-refractivity contribution is 7.90. The minimum Gasteiger partial charge on any atom is -0.406 e. The molecule has 1 N–H and O–H groups in total. The zero-order valence-electron chi connectivity index (χ0n) is 22.5. The molecule has 42 heavy (non-hydrogen) atoms. The van der Waals surface area contributed by atoms with Crippen molar-refractivity contribution >= 4 is 9.84 Å². The fourth-order valence-electron chi connectivity index (χ4n) is 4.76. The number of aliphatic hydroxyl groups excluding tert-OH is 1. The molecule has 0 aliphatic heterocycles. The van der Waals surface area contributed by atoms with Crippen LogP contribution in [0, 0.1) is 19.7 Å². The Kier molecular flexibility index (Phi) is 7.41. The van der Waals surface area contributed by atoms with Gasteiger partial charge >= 0.3 is 6.36 Å². The highest BCUT2D eigenvalue weighted by atomic mass is 32.2. The maximum Gasteiger partial charge on any atom is 0.573 e. The van der Waals surface area contributed by atoms with E-state index >= 15 is 0 Å². The van der Waals surface area contributed by atoms with E-state index in [2.05, 4.69) is 14.8 Å². The molecule has 218 valence electrons. The Hall–Kier alpha value is -4.49. The number of aryl methyl sites for hydroxylation is 2. The number of ether oxygens (including phenoxy) is 1. The first kappa shape index (κ1) is 29.0. The molecule has 0 unspecified atom stereocenters. The van der Waals surface area contributed by atoms with E-state index in [4.69, 9.17) is 0 Å². The number of hydrogen-bond acceptors (Lipinski definition) is 6. The van der Waals surface area contributed by atoms with Gasteiger partial charge in [0.1, 0.15) is 17.4 Å². The molecule has 3 aromatic carbocycles. The van der Waals surface area contributed by atoms with Crippen molar-refractivity contribution in [3.05, 3.63) is 96.0 Å². The Balaban J connectivity index is 1.70. The maximum absolute atomic E-state index is 15.0. The Morgan fingerprint density at radius 2 is 1.69 bits per heavy atom. The van der Waals surface area contributed by atoms with Gasteiger partial charge in [0.05, 0.1) is 40.5 Å². The Bertz CT molecular complexity index is 1900. The van der Waals surface area contributed by atoms with Crippen LogP contribution in [0.2, 0.25) is 0 Å². The minimum absolute atomic E-state index is 0.260. The van der Waals surface area contributed by atoms with Crippen LogP contribution in [0.4, 0.5) is 17.6 Å². The first-order chi connectivity index (χ1) is 19.7. The molecule has 0 aliphatic carbocycles. The molecular weight excluding hydrogens is 576 g/mol. The first-order valence-electron chi connectivity index (χ1n) is 12.5. The summed E-state index contributed by atoms with van der Waals surface area (Å²) >= 11 is 0. The Morgan fingerprint density at radius 1 is 0.976 bits per heavy atom. The van der Waals surface area contributed by atoms with Gasteiger partial charge in [-0.15, -0.1) is 13.2 Å². The van der Waals surface area contributed by atoms with E-state index in [0.29, 0.717) is 34.0 Å². The summed E-state index contributed by atoms with van der Waals surface area (Å²) in [6.07, 6.45) is -0.544. The van der Waals surface area contributed by atoms with E-state index < -0.39 is 28.6 Å². The Morgan fingerprint density at radius 3 is 2.29 bits per heavy atom. The smallest absolute Gasteiger partial charge is 0.406 e. The third-order valence-electron chi connectivity index (χ3n) is 6.54. The molecule has 2 heterocycles. The van der Waals surface area contributed by atoms with Crippen LogP contribution in [0.5, 0.6) is 5.75 Å². The van der Waals surface area contributed by atoms with E-state index in [1.807, 2.05) is 24.6 Å². The van der Waals surface area contributed by atoms with Crippen LogP contribution >= 0.6 is 0 Å². The van der Waals surface area contributed by atoms with Crippen molar-refractivity contribution in [3.8, 4) is 39.5 Å². The van der Waals surface area contributed by atoms with Gasteiger partial charge < -0.3 is 14.4 Å². The molecular formula is C29H24F4N4O4S. The molecule has 5 rings (SSSR count). The third-order valence-corrected chi connectivity index (χ3v) is 7.70. The lowest BCUT2D eigenvalue weighted by Gasteiger charge is -2.17. The second-order valence-electron chi connectivity index (χ2n) is 9.57. The molecule has 0 radical (unpaired) electrons. The van der Waals surface area contributed by atoms with Gasteiger partial charge in [0.25, 0.3) is 0 Å². The number of hydrogen-bond donors (Lipinski definition) is 1. The lowest BCUT2D eigenvalue weighted by atomic mass is 9.98. The van der Waals surface area contributed by atoms with Crippen LogP contribution < -0.4 is 4.74 Å². The molecule has 2 aromatic heterocycles. The van der Waals surface area contributed by atoms with Gasteiger partial charge in [-0.2, -0.15) is 5.10 Å². The monoisotopic (exact) mass is 600 g/mol. The standard InChI is InChI=1S/C29H24F4N4O4S/c1-17-15-36(18(2)35-17)26-9-4-19(20-13-25(30)24(16-38)28(14-20)42(3,39)40)12-23(26)27-10-11-34-37(27)21-5-7-22(8-6-21)41-29(31,32)33/h4-15,38H,16H2,1-3H3. The average molecular weight is 601 g/mol. The van der Waals surface area contributed by atoms with Crippen LogP contribution in [0.3, 0.4) is 0 Å². The number of sulfone groups is 1. The molecule has 5 aromatic rings. The second-order valence-corrected chi connectivity index (χ2v) is 11.6. The van der Waals surface area contributed by atoms with Crippen molar-refractivity contribution in [2.24, 2.45) is 0 Å². The first-order valence-corrected chi connectivity index (χ1v) is 14.4. The number of aromatic nitrogens is 4. The summed E-state index contributed by atoms with van der Waals surface area (Å²) in [6.45, 7) is 2.87. The third kappa shape index (κ3) is 5.78. The molecule has 0 saturated heterocycles. The number of alkyl halides is 3. The van der Waals surface area contributed by atoms with Crippen molar-refractivity contribution in [2.75, 3.05) is 6.26 Å². The molecule has 0 atom stereocenters. The number of benzene rings is 3. The summed E-state index contributed by atoms with van der Waals surface area (Å²) in [5.41, 5.74) is 3.42. The van der Waals surface area contributed by atoms with E-state index in [-0.39, 0.29) is 21.8 Å². The fraction of sp³-hybridized carbons (Fsp3) is 0.172. The van der Waals surface area contributed by atoms with E-state index in [0.717, 1.165) is 18.0 Å². The Labute approximate surface area is 238 Å². The molecule has 0 spiro atoms. The maximum atomic E-state index is 15.0.